The van der Waals surface area contributed by atoms with Crippen molar-refractivity contribution < 1.29 is 9.47 Å². The van der Waals surface area contributed by atoms with E-state index in [1.54, 1.807) is 13.2 Å². The normalized spacial score (nSPS) is 9.54. The SMILES string of the molecule is COc1cc(N(C)C)nc(OC)n1. The maximum Gasteiger partial charge on any atom is 0.321 e. The number of nitrogens with zero attached hydrogens (tertiary/aromatic N) is 3. The van der Waals surface area contributed by atoms with Gasteiger partial charge in [0.2, 0.25) is 5.88 Å². The second-order valence-corrected chi connectivity index (χ2v) is 2.65. The molecule has 13 heavy (non-hydrogen) atoms. The lowest BCUT2D eigenvalue weighted by atomic mass is 10.5. The van der Waals surface area contributed by atoms with Crippen LogP contribution in [0.3, 0.4) is 0 Å². The fourth-order valence-corrected chi connectivity index (χ4v) is 0.817. The molecule has 5 nitrogen and oxygen atoms in total. The van der Waals surface area contributed by atoms with Crippen molar-refractivity contribution in [2.45, 2.75) is 0 Å². The van der Waals surface area contributed by atoms with Crippen molar-refractivity contribution >= 4 is 5.82 Å². The van der Waals surface area contributed by atoms with Crippen LogP contribution < -0.4 is 14.4 Å². The van der Waals surface area contributed by atoms with Crippen molar-refractivity contribution in [2.75, 3.05) is 33.2 Å². The summed E-state index contributed by atoms with van der Waals surface area (Å²) in [4.78, 5) is 9.94. The van der Waals surface area contributed by atoms with E-state index in [0.717, 1.165) is 5.82 Å². The minimum atomic E-state index is 0.308. The molecule has 1 heterocycles. The van der Waals surface area contributed by atoms with Gasteiger partial charge < -0.3 is 14.4 Å². The number of ether oxygens (including phenoxy) is 2. The Morgan fingerprint density at radius 3 is 2.31 bits per heavy atom. The lowest BCUT2D eigenvalue weighted by Crippen LogP contribution is -2.11. The lowest BCUT2D eigenvalue weighted by Gasteiger charge is -2.12. The molecule has 0 aliphatic carbocycles. The molecule has 5 heteroatoms. The van der Waals surface area contributed by atoms with Crippen LogP contribution in [0.5, 0.6) is 11.9 Å². The van der Waals surface area contributed by atoms with Gasteiger partial charge in [-0.1, -0.05) is 0 Å². The van der Waals surface area contributed by atoms with Crippen molar-refractivity contribution in [2.24, 2.45) is 0 Å². The minimum absolute atomic E-state index is 0.308. The molecule has 0 atom stereocenters. The predicted octanol–water partition coefficient (Wildman–Crippen LogP) is 0.560. The summed E-state index contributed by atoms with van der Waals surface area (Å²) in [6.45, 7) is 0. The van der Waals surface area contributed by atoms with Gasteiger partial charge in [-0.15, -0.1) is 0 Å². The quantitative estimate of drug-likeness (QED) is 0.685. The molecular weight excluding hydrogens is 170 g/mol. The lowest BCUT2D eigenvalue weighted by molar-refractivity contribution is 0.352. The van der Waals surface area contributed by atoms with Gasteiger partial charge in [0.25, 0.3) is 0 Å². The van der Waals surface area contributed by atoms with E-state index in [-0.39, 0.29) is 0 Å². The van der Waals surface area contributed by atoms with Gasteiger partial charge in [-0.3, -0.25) is 0 Å². The summed E-state index contributed by atoms with van der Waals surface area (Å²) in [7, 11) is 6.86. The van der Waals surface area contributed by atoms with Gasteiger partial charge in [-0.25, -0.2) is 0 Å². The van der Waals surface area contributed by atoms with Crippen LogP contribution in [0.1, 0.15) is 0 Å². The second kappa shape index (κ2) is 3.93. The highest BCUT2D eigenvalue weighted by molar-refractivity contribution is 5.40. The molecule has 0 saturated carbocycles. The van der Waals surface area contributed by atoms with E-state index in [1.807, 2.05) is 19.0 Å². The predicted molar refractivity (Wildman–Crippen MR) is 49.5 cm³/mol. The van der Waals surface area contributed by atoms with E-state index in [4.69, 9.17) is 9.47 Å². The van der Waals surface area contributed by atoms with E-state index < -0.39 is 0 Å². The van der Waals surface area contributed by atoms with Gasteiger partial charge >= 0.3 is 6.01 Å². The van der Waals surface area contributed by atoms with Gasteiger partial charge in [0.1, 0.15) is 5.82 Å². The Morgan fingerprint density at radius 1 is 1.15 bits per heavy atom. The number of hydrogen-bond acceptors (Lipinski definition) is 5. The molecule has 0 N–H and O–H groups in total. The first-order valence-electron chi connectivity index (χ1n) is 3.81. The molecular formula is C8H13N3O2. The summed E-state index contributed by atoms with van der Waals surface area (Å²) in [5.41, 5.74) is 0. The molecule has 1 rings (SSSR count). The molecule has 0 aliphatic rings. The molecule has 0 bridgehead atoms. The highest BCUT2D eigenvalue weighted by atomic mass is 16.5. The van der Waals surface area contributed by atoms with E-state index in [9.17, 15) is 0 Å². The summed E-state index contributed by atoms with van der Waals surface area (Å²) < 4.78 is 9.91. The van der Waals surface area contributed by atoms with Crippen LogP contribution in [0.15, 0.2) is 6.07 Å². The molecule has 0 fully saturated rings. The molecule has 0 aliphatic heterocycles. The maximum absolute atomic E-state index is 4.99. The number of methoxy groups -OCH3 is 2. The fraction of sp³-hybridized carbons (Fsp3) is 0.500. The largest absolute Gasteiger partial charge is 0.481 e. The molecule has 1 aromatic heterocycles. The Hall–Kier alpha value is -1.52. The Labute approximate surface area is 77.3 Å². The standard InChI is InChI=1S/C8H13N3O2/c1-11(2)6-5-7(12-3)10-8(9-6)13-4/h5H,1-4H3. The summed E-state index contributed by atoms with van der Waals surface area (Å²) in [6.07, 6.45) is 0. The third-order valence-electron chi connectivity index (χ3n) is 1.52. The first kappa shape index (κ1) is 9.57. The Bertz CT molecular complexity index is 266. The van der Waals surface area contributed by atoms with E-state index >= 15 is 0 Å². The summed E-state index contributed by atoms with van der Waals surface area (Å²) in [5, 5.41) is 0. The average Bonchev–Trinajstić information content (AvgIpc) is 2.16. The molecule has 0 radical (unpaired) electrons. The molecule has 0 saturated heterocycles. The van der Waals surface area contributed by atoms with Crippen molar-refractivity contribution in [3.8, 4) is 11.9 Å². The topological polar surface area (TPSA) is 47.5 Å². The molecule has 72 valence electrons. The molecule has 0 aromatic carbocycles. The van der Waals surface area contributed by atoms with Crippen molar-refractivity contribution in [1.82, 2.24) is 9.97 Å². The second-order valence-electron chi connectivity index (χ2n) is 2.65. The number of rotatable bonds is 3. The Morgan fingerprint density at radius 2 is 1.85 bits per heavy atom. The van der Waals surface area contributed by atoms with Crippen LogP contribution in [0.4, 0.5) is 5.82 Å². The van der Waals surface area contributed by atoms with Crippen molar-refractivity contribution in [3.63, 3.8) is 0 Å². The van der Waals surface area contributed by atoms with Crippen LogP contribution >= 0.6 is 0 Å². The summed E-state index contributed by atoms with van der Waals surface area (Å²) in [5.74, 6) is 1.25. The first-order chi connectivity index (χ1) is 6.17. The first-order valence-corrected chi connectivity index (χ1v) is 3.81. The van der Waals surface area contributed by atoms with Crippen LogP contribution in [0.2, 0.25) is 0 Å². The van der Waals surface area contributed by atoms with Crippen LogP contribution in [-0.2, 0) is 0 Å². The zero-order valence-electron chi connectivity index (χ0n) is 8.24. The maximum atomic E-state index is 4.99. The van der Waals surface area contributed by atoms with Crippen LogP contribution in [-0.4, -0.2) is 38.3 Å². The third-order valence-corrected chi connectivity index (χ3v) is 1.52. The molecule has 1 aromatic rings. The van der Waals surface area contributed by atoms with Crippen LogP contribution in [0, 0.1) is 0 Å². The summed E-state index contributed by atoms with van der Waals surface area (Å²) >= 11 is 0. The molecule has 0 unspecified atom stereocenters. The highest BCUT2D eigenvalue weighted by Gasteiger charge is 2.05. The van der Waals surface area contributed by atoms with Crippen molar-refractivity contribution in [3.05, 3.63) is 6.07 Å². The monoisotopic (exact) mass is 183 g/mol. The number of hydrogen-bond donors (Lipinski definition) is 0. The third kappa shape index (κ3) is 2.21. The number of anilines is 1. The number of aromatic nitrogens is 2. The van der Waals surface area contributed by atoms with Gasteiger partial charge in [-0.2, -0.15) is 9.97 Å². The zero-order valence-corrected chi connectivity index (χ0v) is 8.24. The van der Waals surface area contributed by atoms with E-state index in [0.29, 0.717) is 11.9 Å². The van der Waals surface area contributed by atoms with Gasteiger partial charge in [0, 0.05) is 20.2 Å². The van der Waals surface area contributed by atoms with Gasteiger partial charge in [0.05, 0.1) is 14.2 Å². The van der Waals surface area contributed by atoms with E-state index in [2.05, 4.69) is 9.97 Å². The molecule has 0 spiro atoms. The van der Waals surface area contributed by atoms with Gasteiger partial charge in [0.15, 0.2) is 0 Å². The smallest absolute Gasteiger partial charge is 0.321 e. The van der Waals surface area contributed by atoms with Gasteiger partial charge in [-0.05, 0) is 0 Å². The Kier molecular flexibility index (Phi) is 2.89. The zero-order chi connectivity index (χ0) is 9.84. The Balaban J connectivity index is 3.07. The average molecular weight is 183 g/mol. The molecule has 0 amide bonds. The highest BCUT2D eigenvalue weighted by Crippen LogP contribution is 2.18. The van der Waals surface area contributed by atoms with Crippen LogP contribution in [0.25, 0.3) is 0 Å². The minimum Gasteiger partial charge on any atom is -0.481 e. The fourth-order valence-electron chi connectivity index (χ4n) is 0.817. The van der Waals surface area contributed by atoms with Crippen molar-refractivity contribution in [1.29, 1.82) is 0 Å². The summed E-state index contributed by atoms with van der Waals surface area (Å²) in [6, 6.07) is 2.05. The van der Waals surface area contributed by atoms with E-state index in [1.165, 1.54) is 7.11 Å².